The minimum Gasteiger partial charge on any atom is -0.326 e. The van der Waals surface area contributed by atoms with Gasteiger partial charge in [0.15, 0.2) is 11.6 Å². The maximum Gasteiger partial charge on any atom is 0.197 e. The lowest BCUT2D eigenvalue weighted by Crippen LogP contribution is -1.99. The van der Waals surface area contributed by atoms with Gasteiger partial charge in [-0.15, -0.1) is 11.3 Å². The van der Waals surface area contributed by atoms with Gasteiger partial charge in [-0.05, 0) is 36.4 Å². The van der Waals surface area contributed by atoms with Gasteiger partial charge in [0.1, 0.15) is 10.7 Å². The van der Waals surface area contributed by atoms with Gasteiger partial charge in [0.25, 0.3) is 0 Å². The number of rotatable bonds is 2. The summed E-state index contributed by atoms with van der Waals surface area (Å²) in [6, 6.07) is 8.63. The van der Waals surface area contributed by atoms with Crippen LogP contribution in [0.3, 0.4) is 0 Å². The lowest BCUT2D eigenvalue weighted by molar-refractivity contribution is 0.0990. The van der Waals surface area contributed by atoms with Crippen LogP contribution in [0.4, 0.5) is 0 Å². The summed E-state index contributed by atoms with van der Waals surface area (Å²) in [6.07, 6.45) is 5.09. The van der Waals surface area contributed by atoms with Gasteiger partial charge in [-0.1, -0.05) is 23.2 Å². The molecule has 0 fully saturated rings. The monoisotopic (exact) mass is 439 g/mol. The average Bonchev–Trinajstić information content (AvgIpc) is 3.32. The molecule has 4 aromatic rings. The molecule has 0 bridgehead atoms. The van der Waals surface area contributed by atoms with Crippen LogP contribution in [-0.2, 0) is 7.05 Å². The molecule has 5 nitrogen and oxygen atoms in total. The summed E-state index contributed by atoms with van der Waals surface area (Å²) in [5.41, 5.74) is 2.52. The van der Waals surface area contributed by atoms with Crippen LogP contribution in [-0.4, -0.2) is 26.1 Å². The third kappa shape index (κ3) is 2.83. The quantitative estimate of drug-likeness (QED) is 0.307. The Kier molecular flexibility index (Phi) is 4.17. The number of aryl methyl sites for hydroxylation is 1. The largest absolute Gasteiger partial charge is 0.326 e. The Morgan fingerprint density at radius 1 is 1.07 bits per heavy atom. The van der Waals surface area contributed by atoms with E-state index in [0.717, 1.165) is 26.6 Å². The average molecular weight is 440 g/mol. The highest BCUT2D eigenvalue weighted by atomic mass is 35.5. The lowest BCUT2D eigenvalue weighted by atomic mass is 10.1. The zero-order valence-corrected chi connectivity index (χ0v) is 17.3. The number of carbonyl (C=O) groups is 2. The topological polar surface area (TPSA) is 64.8 Å². The number of nitrogens with zero attached hydrogens (tertiary/aromatic N) is 3. The van der Waals surface area contributed by atoms with Crippen LogP contribution < -0.4 is 0 Å². The Bertz CT molecular complexity index is 1330. The number of pyridine rings is 1. The van der Waals surface area contributed by atoms with Crippen molar-refractivity contribution in [3.63, 3.8) is 0 Å². The molecule has 0 amide bonds. The van der Waals surface area contributed by atoms with E-state index in [4.69, 9.17) is 23.2 Å². The number of hydrogen-bond donors (Lipinski definition) is 0. The first-order valence-corrected chi connectivity index (χ1v) is 10.2. The van der Waals surface area contributed by atoms with Crippen molar-refractivity contribution in [2.24, 2.45) is 7.05 Å². The Morgan fingerprint density at radius 2 is 1.76 bits per heavy atom. The number of ketones is 2. The number of thiophene rings is 1. The Labute approximate surface area is 179 Å². The fourth-order valence-electron chi connectivity index (χ4n) is 3.41. The van der Waals surface area contributed by atoms with E-state index in [1.807, 2.05) is 29.8 Å². The molecule has 142 valence electrons. The van der Waals surface area contributed by atoms with Crippen molar-refractivity contribution in [1.82, 2.24) is 14.5 Å². The van der Waals surface area contributed by atoms with Crippen molar-refractivity contribution in [1.29, 1.82) is 0 Å². The van der Waals surface area contributed by atoms with Crippen molar-refractivity contribution >= 4 is 62.5 Å². The summed E-state index contributed by atoms with van der Waals surface area (Å²) in [6.45, 7) is 0. The van der Waals surface area contributed by atoms with Crippen LogP contribution in [0, 0.1) is 0 Å². The first-order valence-electron chi connectivity index (χ1n) is 8.61. The maximum absolute atomic E-state index is 12.7. The molecule has 1 aliphatic carbocycles. The standard InChI is InChI=1S/C21H11Cl2N3O2S/c1-26-17-6-11(29-21(17)25-20(26)10-3-2-4-24-9-10)5-14-18(27)12-7-15(22)16(23)8-13(12)19(14)28/h2-9H,1H3. The van der Waals surface area contributed by atoms with Gasteiger partial charge in [0, 0.05) is 41.0 Å². The van der Waals surface area contributed by atoms with Crippen LogP contribution in [0.15, 0.2) is 48.3 Å². The molecule has 0 spiro atoms. The molecule has 0 radical (unpaired) electrons. The number of imidazole rings is 1. The normalized spacial score (nSPS) is 13.4. The fraction of sp³-hybridized carbons (Fsp3) is 0.0476. The maximum atomic E-state index is 12.7. The number of hydrogen-bond acceptors (Lipinski definition) is 5. The predicted molar refractivity (Wildman–Crippen MR) is 115 cm³/mol. The molecular formula is C21H11Cl2N3O2S. The molecule has 0 unspecified atom stereocenters. The van der Waals surface area contributed by atoms with Gasteiger partial charge in [0.2, 0.25) is 0 Å². The van der Waals surface area contributed by atoms with Crippen LogP contribution in [0.5, 0.6) is 0 Å². The number of aromatic nitrogens is 3. The molecule has 0 saturated heterocycles. The van der Waals surface area contributed by atoms with E-state index >= 15 is 0 Å². The van der Waals surface area contributed by atoms with Gasteiger partial charge in [0.05, 0.1) is 21.1 Å². The first kappa shape index (κ1) is 18.2. The molecule has 0 N–H and O–H groups in total. The third-order valence-electron chi connectivity index (χ3n) is 4.84. The Morgan fingerprint density at radius 3 is 2.34 bits per heavy atom. The SMILES string of the molecule is Cn1c(-c2cccnc2)nc2sc(C=C3C(=O)c4cc(Cl)c(Cl)cc4C3=O)cc21. The minimum atomic E-state index is -0.343. The summed E-state index contributed by atoms with van der Waals surface area (Å²) in [5, 5.41) is 0.503. The number of halogens is 2. The zero-order chi connectivity index (χ0) is 20.3. The van der Waals surface area contributed by atoms with E-state index in [0.29, 0.717) is 0 Å². The molecule has 0 aliphatic heterocycles. The first-order chi connectivity index (χ1) is 13.9. The molecule has 3 aromatic heterocycles. The van der Waals surface area contributed by atoms with E-state index in [2.05, 4.69) is 9.97 Å². The van der Waals surface area contributed by atoms with Crippen molar-refractivity contribution in [3.05, 3.63) is 74.3 Å². The summed E-state index contributed by atoms with van der Waals surface area (Å²) in [4.78, 5) is 35.9. The lowest BCUT2D eigenvalue weighted by Gasteiger charge is -2.00. The molecule has 0 saturated carbocycles. The second kappa shape index (κ2) is 6.62. The van der Waals surface area contributed by atoms with E-state index < -0.39 is 0 Å². The molecule has 3 heterocycles. The Hall–Kier alpha value is -2.80. The predicted octanol–water partition coefficient (Wildman–Crippen LogP) is 5.47. The highest BCUT2D eigenvalue weighted by Gasteiger charge is 2.34. The molecular weight excluding hydrogens is 429 g/mol. The number of fused-ring (bicyclic) bond motifs is 2. The van der Waals surface area contributed by atoms with E-state index in [9.17, 15) is 9.59 Å². The van der Waals surface area contributed by atoms with Crippen molar-refractivity contribution in [2.75, 3.05) is 0 Å². The van der Waals surface area contributed by atoms with Crippen molar-refractivity contribution in [3.8, 4) is 11.4 Å². The van der Waals surface area contributed by atoms with Gasteiger partial charge in [-0.3, -0.25) is 14.6 Å². The molecule has 1 aromatic carbocycles. The van der Waals surface area contributed by atoms with E-state index in [-0.39, 0.29) is 38.3 Å². The summed E-state index contributed by atoms with van der Waals surface area (Å²) in [7, 11) is 1.92. The van der Waals surface area contributed by atoms with Gasteiger partial charge in [-0.2, -0.15) is 0 Å². The fourth-order valence-corrected chi connectivity index (χ4v) is 4.74. The molecule has 29 heavy (non-hydrogen) atoms. The highest BCUT2D eigenvalue weighted by molar-refractivity contribution is 7.19. The third-order valence-corrected chi connectivity index (χ3v) is 6.53. The molecule has 1 aliphatic rings. The second-order valence-electron chi connectivity index (χ2n) is 6.60. The molecule has 8 heteroatoms. The van der Waals surface area contributed by atoms with Crippen LogP contribution in [0.2, 0.25) is 10.0 Å². The number of carbonyl (C=O) groups excluding carboxylic acids is 2. The Balaban J connectivity index is 1.56. The summed E-state index contributed by atoms with van der Waals surface area (Å²) >= 11 is 13.4. The zero-order valence-electron chi connectivity index (χ0n) is 14.9. The minimum absolute atomic E-state index is 0.109. The van der Waals surface area contributed by atoms with Crippen molar-refractivity contribution < 1.29 is 9.59 Å². The molecule has 5 rings (SSSR count). The number of allylic oxidation sites excluding steroid dienone is 1. The highest BCUT2D eigenvalue weighted by Crippen LogP contribution is 2.36. The smallest absolute Gasteiger partial charge is 0.197 e. The van der Waals surface area contributed by atoms with Gasteiger partial charge >= 0.3 is 0 Å². The summed E-state index contributed by atoms with van der Waals surface area (Å²) in [5.74, 6) is 0.123. The number of Topliss-reactive ketones (excluding diaryl/α,β-unsaturated/α-hetero) is 2. The van der Waals surface area contributed by atoms with Gasteiger partial charge < -0.3 is 4.57 Å². The van der Waals surface area contributed by atoms with Crippen LogP contribution >= 0.6 is 34.5 Å². The van der Waals surface area contributed by atoms with Gasteiger partial charge in [-0.25, -0.2) is 4.98 Å². The second-order valence-corrected chi connectivity index (χ2v) is 8.48. The van der Waals surface area contributed by atoms with Crippen LogP contribution in [0.25, 0.3) is 27.8 Å². The summed E-state index contributed by atoms with van der Waals surface area (Å²) < 4.78 is 1.97. The van der Waals surface area contributed by atoms with E-state index in [1.54, 1.807) is 18.5 Å². The van der Waals surface area contributed by atoms with Crippen molar-refractivity contribution in [2.45, 2.75) is 0 Å². The molecule has 0 atom stereocenters. The van der Waals surface area contributed by atoms with E-state index in [1.165, 1.54) is 23.5 Å². The number of benzene rings is 1. The van der Waals surface area contributed by atoms with Crippen LogP contribution in [0.1, 0.15) is 25.6 Å².